The van der Waals surface area contributed by atoms with E-state index in [2.05, 4.69) is 4.98 Å². The van der Waals surface area contributed by atoms with Gasteiger partial charge in [-0.2, -0.15) is 0 Å². The predicted molar refractivity (Wildman–Crippen MR) is 131 cm³/mol. The Balaban J connectivity index is 1.35. The monoisotopic (exact) mass is 472 g/mol. The number of carboxylic acids is 1. The lowest BCUT2D eigenvalue weighted by Gasteiger charge is -2.22. The number of hydrogen-bond acceptors (Lipinski definition) is 5. The largest absolute Gasteiger partial charge is 0.481 e. The minimum Gasteiger partial charge on any atom is -0.481 e. The van der Waals surface area contributed by atoms with Crippen LogP contribution in [0, 0.1) is 19.8 Å². The Morgan fingerprint density at radius 1 is 0.914 bits per heavy atom. The molecule has 2 heterocycles. The lowest BCUT2D eigenvalue weighted by atomic mass is 9.93. The van der Waals surface area contributed by atoms with Gasteiger partial charge < -0.3 is 10.2 Å². The van der Waals surface area contributed by atoms with Crippen molar-refractivity contribution in [2.75, 3.05) is 6.54 Å². The van der Waals surface area contributed by atoms with E-state index in [1.54, 1.807) is 18.2 Å². The molecule has 1 aliphatic heterocycles. The van der Waals surface area contributed by atoms with E-state index in [0.29, 0.717) is 17.5 Å². The molecule has 1 aromatic heterocycles. The third-order valence-corrected chi connectivity index (χ3v) is 6.50. The number of aliphatic hydroxyl groups excluding tert-OH is 1. The Bertz CT molecular complexity index is 1250. The third-order valence-electron chi connectivity index (χ3n) is 6.50. The Hall–Kier alpha value is -3.84. The standard InChI is InChI=1S/C28H28N2O5/c1-17-3-11-22-24(15-17)27(33)30(26(22)32)14-13-23(28(34)35)25(31)12-7-19-5-9-20(10-6-19)21-8-4-18(2)29-16-21/h3-6,8-11,15-16,23,25,31H,7,12-14H2,1-2H3,(H,34,35)/t23-,25+/m0/s1. The summed E-state index contributed by atoms with van der Waals surface area (Å²) in [5.74, 6) is -3.07. The molecule has 0 saturated carbocycles. The van der Waals surface area contributed by atoms with Crippen molar-refractivity contribution in [3.8, 4) is 11.1 Å². The zero-order valence-electron chi connectivity index (χ0n) is 19.8. The van der Waals surface area contributed by atoms with E-state index in [-0.39, 0.29) is 19.4 Å². The van der Waals surface area contributed by atoms with Gasteiger partial charge in [0.2, 0.25) is 0 Å². The first kappa shape index (κ1) is 24.3. The highest BCUT2D eigenvalue weighted by atomic mass is 16.4. The summed E-state index contributed by atoms with van der Waals surface area (Å²) in [6.45, 7) is 3.72. The van der Waals surface area contributed by atoms with E-state index in [1.165, 1.54) is 0 Å². The Labute approximate surface area is 204 Å². The van der Waals surface area contributed by atoms with Gasteiger partial charge in [0.15, 0.2) is 0 Å². The van der Waals surface area contributed by atoms with Gasteiger partial charge in [-0.1, -0.05) is 42.0 Å². The van der Waals surface area contributed by atoms with Gasteiger partial charge in [-0.15, -0.1) is 0 Å². The lowest BCUT2D eigenvalue weighted by molar-refractivity contribution is -0.146. The maximum Gasteiger partial charge on any atom is 0.309 e. The van der Waals surface area contributed by atoms with Gasteiger partial charge in [0.25, 0.3) is 11.8 Å². The van der Waals surface area contributed by atoms with Crippen molar-refractivity contribution in [2.24, 2.45) is 5.92 Å². The molecule has 0 unspecified atom stereocenters. The van der Waals surface area contributed by atoms with Gasteiger partial charge in [-0.25, -0.2) is 0 Å². The van der Waals surface area contributed by atoms with E-state index in [0.717, 1.165) is 32.8 Å². The van der Waals surface area contributed by atoms with Crippen LogP contribution in [0.5, 0.6) is 0 Å². The number of aryl methyl sites for hydroxylation is 3. The van der Waals surface area contributed by atoms with Gasteiger partial charge in [-0.3, -0.25) is 24.3 Å². The maximum atomic E-state index is 12.7. The second-order valence-electron chi connectivity index (χ2n) is 9.04. The average molecular weight is 473 g/mol. The fraction of sp³-hybridized carbons (Fsp3) is 0.286. The van der Waals surface area contributed by atoms with Crippen LogP contribution in [-0.2, 0) is 11.2 Å². The molecule has 0 spiro atoms. The molecular weight excluding hydrogens is 444 g/mol. The second kappa shape index (κ2) is 10.2. The Morgan fingerprint density at radius 3 is 2.26 bits per heavy atom. The van der Waals surface area contributed by atoms with Gasteiger partial charge in [0.05, 0.1) is 23.1 Å². The van der Waals surface area contributed by atoms with Crippen LogP contribution in [0.25, 0.3) is 11.1 Å². The number of rotatable bonds is 9. The molecule has 7 heteroatoms. The first-order valence-corrected chi connectivity index (χ1v) is 11.6. The molecule has 0 radical (unpaired) electrons. The average Bonchev–Trinajstić information content (AvgIpc) is 3.07. The van der Waals surface area contributed by atoms with Crippen LogP contribution < -0.4 is 0 Å². The van der Waals surface area contributed by atoms with Crippen LogP contribution in [-0.4, -0.2) is 50.5 Å². The van der Waals surface area contributed by atoms with E-state index in [1.807, 2.05) is 56.4 Å². The summed E-state index contributed by atoms with van der Waals surface area (Å²) in [5, 5.41) is 20.3. The zero-order chi connectivity index (χ0) is 25.1. The highest BCUT2D eigenvalue weighted by Crippen LogP contribution is 2.26. The van der Waals surface area contributed by atoms with Crippen molar-refractivity contribution in [1.29, 1.82) is 0 Å². The normalized spacial score (nSPS) is 14.7. The number of benzene rings is 2. The summed E-state index contributed by atoms with van der Waals surface area (Å²) in [6.07, 6.45) is 1.46. The van der Waals surface area contributed by atoms with E-state index in [4.69, 9.17) is 0 Å². The highest BCUT2D eigenvalue weighted by molar-refractivity contribution is 6.21. The minimum absolute atomic E-state index is 0.0136. The van der Waals surface area contributed by atoms with Gasteiger partial charge in [0.1, 0.15) is 0 Å². The van der Waals surface area contributed by atoms with Gasteiger partial charge >= 0.3 is 5.97 Å². The molecule has 35 heavy (non-hydrogen) atoms. The lowest BCUT2D eigenvalue weighted by Crippen LogP contribution is -2.36. The fourth-order valence-electron chi connectivity index (χ4n) is 4.37. The molecule has 2 aromatic carbocycles. The van der Waals surface area contributed by atoms with Crippen molar-refractivity contribution >= 4 is 17.8 Å². The fourth-order valence-corrected chi connectivity index (χ4v) is 4.37. The van der Waals surface area contributed by atoms with Crippen LogP contribution >= 0.6 is 0 Å². The van der Waals surface area contributed by atoms with Crippen LogP contribution in [0.2, 0.25) is 0 Å². The first-order valence-electron chi connectivity index (χ1n) is 11.6. The summed E-state index contributed by atoms with van der Waals surface area (Å²) >= 11 is 0. The topological polar surface area (TPSA) is 108 Å². The maximum absolute atomic E-state index is 12.7. The number of imide groups is 1. The van der Waals surface area contributed by atoms with Crippen LogP contribution in [0.15, 0.2) is 60.8 Å². The molecule has 0 fully saturated rings. The number of aromatic nitrogens is 1. The quantitative estimate of drug-likeness (QED) is 0.455. The van der Waals surface area contributed by atoms with Crippen molar-refractivity contribution in [3.63, 3.8) is 0 Å². The third kappa shape index (κ3) is 5.30. The number of pyridine rings is 1. The summed E-state index contributed by atoms with van der Waals surface area (Å²) in [5.41, 5.74) is 5.51. The number of carboxylic acid groups (broad SMARTS) is 1. The van der Waals surface area contributed by atoms with Crippen molar-refractivity contribution in [2.45, 2.75) is 39.2 Å². The summed E-state index contributed by atoms with van der Waals surface area (Å²) in [6, 6.07) is 16.9. The Kier molecular flexibility index (Phi) is 7.07. The SMILES string of the molecule is Cc1ccc2c(c1)C(=O)N(CC[C@H](C(=O)O)[C@H](O)CCc1ccc(-c3ccc(C)nc3)cc1)C2=O. The number of nitrogens with zero attached hydrogens (tertiary/aromatic N) is 2. The van der Waals surface area contributed by atoms with Crippen molar-refractivity contribution in [1.82, 2.24) is 9.88 Å². The molecule has 0 aliphatic carbocycles. The number of fused-ring (bicyclic) bond motifs is 1. The van der Waals surface area contributed by atoms with Crippen LogP contribution in [0.1, 0.15) is 50.4 Å². The molecule has 2 amide bonds. The minimum atomic E-state index is -1.15. The molecule has 0 bridgehead atoms. The van der Waals surface area contributed by atoms with Crippen molar-refractivity contribution in [3.05, 3.63) is 88.7 Å². The molecule has 7 nitrogen and oxygen atoms in total. The van der Waals surface area contributed by atoms with Gasteiger partial charge in [0, 0.05) is 24.0 Å². The smallest absolute Gasteiger partial charge is 0.309 e. The summed E-state index contributed by atoms with van der Waals surface area (Å²) in [4.78, 5) is 42.5. The van der Waals surface area contributed by atoms with Gasteiger partial charge in [-0.05, 0) is 62.4 Å². The van der Waals surface area contributed by atoms with E-state index < -0.39 is 29.8 Å². The Morgan fingerprint density at radius 2 is 1.60 bits per heavy atom. The number of aliphatic carboxylic acids is 1. The molecular formula is C28H28N2O5. The summed E-state index contributed by atoms with van der Waals surface area (Å²) in [7, 11) is 0. The second-order valence-corrected chi connectivity index (χ2v) is 9.04. The van der Waals surface area contributed by atoms with E-state index in [9.17, 15) is 24.6 Å². The highest BCUT2D eigenvalue weighted by Gasteiger charge is 2.37. The molecule has 3 aromatic rings. The predicted octanol–water partition coefficient (Wildman–Crippen LogP) is 4.05. The number of carbonyl (C=O) groups excluding carboxylic acids is 2. The first-order chi connectivity index (χ1) is 16.7. The molecule has 1 aliphatic rings. The molecule has 4 rings (SSSR count). The zero-order valence-corrected chi connectivity index (χ0v) is 19.8. The molecule has 2 N–H and O–H groups in total. The number of amides is 2. The van der Waals surface area contributed by atoms with Crippen LogP contribution in [0.4, 0.5) is 0 Å². The molecule has 2 atom stereocenters. The number of hydrogen-bond donors (Lipinski definition) is 2. The van der Waals surface area contributed by atoms with E-state index >= 15 is 0 Å². The number of aliphatic hydroxyl groups is 1. The molecule has 0 saturated heterocycles. The number of carbonyl (C=O) groups is 3. The molecule has 180 valence electrons. The van der Waals surface area contributed by atoms with Crippen LogP contribution in [0.3, 0.4) is 0 Å². The van der Waals surface area contributed by atoms with Crippen molar-refractivity contribution < 1.29 is 24.6 Å². The summed E-state index contributed by atoms with van der Waals surface area (Å²) < 4.78 is 0.